The molecular weight excluding hydrogens is 242 g/mol. The van der Waals surface area contributed by atoms with E-state index in [4.69, 9.17) is 0 Å². The van der Waals surface area contributed by atoms with E-state index in [0.29, 0.717) is 18.2 Å². The molecule has 5 nitrogen and oxygen atoms in total. The van der Waals surface area contributed by atoms with Crippen LogP contribution in [-0.4, -0.2) is 47.6 Å². The number of carbonyl (C=O) groups excluding carboxylic acids is 1. The monoisotopic (exact) mass is 267 g/mol. The highest BCUT2D eigenvalue weighted by molar-refractivity contribution is 5.92. The minimum Gasteiger partial charge on any atom is -0.395 e. The lowest BCUT2D eigenvalue weighted by Crippen LogP contribution is -2.33. The van der Waals surface area contributed by atoms with Crippen molar-refractivity contribution in [2.75, 3.05) is 20.7 Å². The summed E-state index contributed by atoms with van der Waals surface area (Å²) in [6, 6.07) is 3.78. The molecule has 1 heterocycles. The van der Waals surface area contributed by atoms with Crippen LogP contribution in [0.25, 0.3) is 0 Å². The lowest BCUT2D eigenvalue weighted by atomic mass is 10.0. The molecule has 0 aliphatic rings. The molecule has 0 saturated carbocycles. The molecule has 1 aromatic rings. The van der Waals surface area contributed by atoms with E-state index in [9.17, 15) is 9.90 Å². The number of aliphatic hydroxyl groups is 1. The highest BCUT2D eigenvalue weighted by Gasteiger charge is 2.12. The van der Waals surface area contributed by atoms with Gasteiger partial charge in [0, 0.05) is 32.4 Å². The fourth-order valence-corrected chi connectivity index (χ4v) is 1.95. The number of amides is 1. The molecule has 0 aliphatic heterocycles. The summed E-state index contributed by atoms with van der Waals surface area (Å²) in [6.07, 6.45) is 0.931. The van der Waals surface area contributed by atoms with Crippen molar-refractivity contribution in [2.45, 2.75) is 32.9 Å². The quantitative estimate of drug-likeness (QED) is 0.695. The van der Waals surface area contributed by atoms with Crippen LogP contribution in [0.1, 0.15) is 36.5 Å². The van der Waals surface area contributed by atoms with Crippen LogP contribution in [0.15, 0.2) is 12.1 Å². The maximum atomic E-state index is 11.7. The Morgan fingerprint density at radius 3 is 2.63 bits per heavy atom. The molecule has 1 aromatic heterocycles. The maximum Gasteiger partial charge on any atom is 0.269 e. The van der Waals surface area contributed by atoms with Crippen LogP contribution in [0.2, 0.25) is 0 Å². The molecule has 19 heavy (non-hydrogen) atoms. The number of nitrogens with one attached hydrogen (secondary N) is 2. The van der Waals surface area contributed by atoms with Crippen molar-refractivity contribution in [1.29, 1.82) is 0 Å². The van der Waals surface area contributed by atoms with Gasteiger partial charge in [-0.1, -0.05) is 13.8 Å². The van der Waals surface area contributed by atoms with Gasteiger partial charge in [0.15, 0.2) is 0 Å². The average Bonchev–Trinajstić information content (AvgIpc) is 2.81. The second-order valence-electron chi connectivity index (χ2n) is 5.49. The second-order valence-corrected chi connectivity index (χ2v) is 5.49. The number of nitrogens with zero attached hydrogens (tertiary/aromatic N) is 1. The van der Waals surface area contributed by atoms with Crippen molar-refractivity contribution in [3.8, 4) is 0 Å². The van der Waals surface area contributed by atoms with E-state index in [1.165, 1.54) is 0 Å². The molecule has 1 rings (SSSR count). The van der Waals surface area contributed by atoms with E-state index in [1.54, 1.807) is 25.1 Å². The van der Waals surface area contributed by atoms with Gasteiger partial charge in [-0.05, 0) is 24.5 Å². The van der Waals surface area contributed by atoms with Gasteiger partial charge in [0.05, 0.1) is 6.61 Å². The first-order valence-electron chi connectivity index (χ1n) is 6.67. The van der Waals surface area contributed by atoms with Crippen molar-refractivity contribution in [3.05, 3.63) is 23.5 Å². The molecule has 108 valence electrons. The molecule has 0 aromatic carbocycles. The molecule has 0 aliphatic carbocycles. The number of aliphatic hydroxyl groups excluding tert-OH is 1. The molecular formula is C14H25N3O2. The zero-order valence-electron chi connectivity index (χ0n) is 12.2. The summed E-state index contributed by atoms with van der Waals surface area (Å²) in [4.78, 5) is 16.4. The van der Waals surface area contributed by atoms with Gasteiger partial charge in [0.1, 0.15) is 5.69 Å². The molecule has 1 atom stereocenters. The third kappa shape index (κ3) is 5.04. The minimum atomic E-state index is -0.0351. The number of H-pyrrole nitrogens is 1. The Morgan fingerprint density at radius 2 is 2.11 bits per heavy atom. The number of carbonyl (C=O) groups is 1. The standard InChI is InChI=1S/C14H25N3O2/c1-10(2)7-12(9-18)15-8-11-5-6-13(16-11)14(19)17(3)4/h5-6,10,12,15-16,18H,7-9H2,1-4H3. The molecule has 0 fully saturated rings. The molecule has 3 N–H and O–H groups in total. The molecule has 1 amide bonds. The van der Waals surface area contributed by atoms with Gasteiger partial charge in [-0.3, -0.25) is 4.79 Å². The Morgan fingerprint density at radius 1 is 1.42 bits per heavy atom. The third-order valence-corrected chi connectivity index (χ3v) is 2.94. The summed E-state index contributed by atoms with van der Waals surface area (Å²) in [6.45, 7) is 5.01. The maximum absolute atomic E-state index is 11.7. The summed E-state index contributed by atoms with van der Waals surface area (Å²) in [5, 5.41) is 12.6. The first-order valence-corrected chi connectivity index (χ1v) is 6.67. The van der Waals surface area contributed by atoms with Crippen LogP contribution in [0, 0.1) is 5.92 Å². The van der Waals surface area contributed by atoms with E-state index in [1.807, 2.05) is 6.07 Å². The van der Waals surface area contributed by atoms with Crippen molar-refractivity contribution in [2.24, 2.45) is 5.92 Å². The molecule has 0 radical (unpaired) electrons. The molecule has 5 heteroatoms. The first-order chi connectivity index (χ1) is 8.93. The number of aromatic nitrogens is 1. The largest absolute Gasteiger partial charge is 0.395 e. The summed E-state index contributed by atoms with van der Waals surface area (Å²) in [5.41, 5.74) is 1.54. The zero-order valence-corrected chi connectivity index (χ0v) is 12.2. The van der Waals surface area contributed by atoms with Crippen LogP contribution in [-0.2, 0) is 6.54 Å². The Labute approximate surface area is 115 Å². The predicted molar refractivity (Wildman–Crippen MR) is 76.0 cm³/mol. The summed E-state index contributed by atoms with van der Waals surface area (Å²) < 4.78 is 0. The van der Waals surface area contributed by atoms with Crippen molar-refractivity contribution >= 4 is 5.91 Å². The normalized spacial score (nSPS) is 12.7. The Balaban J connectivity index is 2.52. The molecule has 0 bridgehead atoms. The van der Waals surface area contributed by atoms with Gasteiger partial charge >= 0.3 is 0 Å². The van der Waals surface area contributed by atoms with Gasteiger partial charge in [0.25, 0.3) is 5.91 Å². The van der Waals surface area contributed by atoms with Crippen molar-refractivity contribution in [3.63, 3.8) is 0 Å². The third-order valence-electron chi connectivity index (χ3n) is 2.94. The number of hydrogen-bond donors (Lipinski definition) is 3. The first kappa shape index (κ1) is 15.7. The van der Waals surface area contributed by atoms with E-state index in [-0.39, 0.29) is 18.6 Å². The van der Waals surface area contributed by atoms with Gasteiger partial charge in [-0.15, -0.1) is 0 Å². The highest BCUT2D eigenvalue weighted by Crippen LogP contribution is 2.07. The lowest BCUT2D eigenvalue weighted by Gasteiger charge is -2.17. The second kappa shape index (κ2) is 7.31. The van der Waals surface area contributed by atoms with Crippen LogP contribution in [0.3, 0.4) is 0 Å². The minimum absolute atomic E-state index is 0.0351. The van der Waals surface area contributed by atoms with E-state index in [0.717, 1.165) is 12.1 Å². The summed E-state index contributed by atoms with van der Waals surface area (Å²) in [5.74, 6) is 0.506. The average molecular weight is 267 g/mol. The molecule has 0 saturated heterocycles. The topological polar surface area (TPSA) is 68.4 Å². The van der Waals surface area contributed by atoms with Gasteiger partial charge in [-0.25, -0.2) is 0 Å². The molecule has 1 unspecified atom stereocenters. The summed E-state index contributed by atoms with van der Waals surface area (Å²) in [7, 11) is 3.46. The van der Waals surface area contributed by atoms with E-state index in [2.05, 4.69) is 24.1 Å². The number of hydrogen-bond acceptors (Lipinski definition) is 3. The Bertz CT molecular complexity index is 399. The number of rotatable bonds is 7. The van der Waals surface area contributed by atoms with Crippen LogP contribution in [0.5, 0.6) is 0 Å². The predicted octanol–water partition coefficient (Wildman–Crippen LogP) is 1.21. The van der Waals surface area contributed by atoms with Crippen LogP contribution >= 0.6 is 0 Å². The Hall–Kier alpha value is -1.33. The number of aromatic amines is 1. The van der Waals surface area contributed by atoms with Crippen LogP contribution in [0.4, 0.5) is 0 Å². The SMILES string of the molecule is CC(C)CC(CO)NCc1ccc(C(=O)N(C)C)[nH]1. The fraction of sp³-hybridized carbons (Fsp3) is 0.643. The van der Waals surface area contributed by atoms with Crippen molar-refractivity contribution in [1.82, 2.24) is 15.2 Å². The zero-order chi connectivity index (χ0) is 14.4. The molecule has 0 spiro atoms. The summed E-state index contributed by atoms with van der Waals surface area (Å²) >= 11 is 0. The fourth-order valence-electron chi connectivity index (χ4n) is 1.95. The van der Waals surface area contributed by atoms with Gasteiger partial charge < -0.3 is 20.3 Å². The van der Waals surface area contributed by atoms with Gasteiger partial charge in [0.2, 0.25) is 0 Å². The van der Waals surface area contributed by atoms with Crippen LogP contribution < -0.4 is 5.32 Å². The lowest BCUT2D eigenvalue weighted by molar-refractivity contribution is 0.0822. The van der Waals surface area contributed by atoms with Crippen molar-refractivity contribution < 1.29 is 9.90 Å². The van der Waals surface area contributed by atoms with Gasteiger partial charge in [-0.2, -0.15) is 0 Å². The van der Waals surface area contributed by atoms with E-state index >= 15 is 0 Å². The van der Waals surface area contributed by atoms with E-state index < -0.39 is 0 Å². The smallest absolute Gasteiger partial charge is 0.269 e. The highest BCUT2D eigenvalue weighted by atomic mass is 16.3. The Kier molecular flexibility index (Phi) is 6.05.